The van der Waals surface area contributed by atoms with Gasteiger partial charge >= 0.3 is 6.18 Å². The SMILES string of the molecule is CN=C(NCCC(F)(F)F)NCc1ccc(Br)s1.I. The van der Waals surface area contributed by atoms with Gasteiger partial charge in [-0.2, -0.15) is 13.2 Å². The Kier molecular flexibility index (Phi) is 8.99. The van der Waals surface area contributed by atoms with E-state index in [1.807, 2.05) is 12.1 Å². The first-order valence-corrected chi connectivity index (χ1v) is 6.77. The molecule has 1 aromatic rings. The summed E-state index contributed by atoms with van der Waals surface area (Å²) in [6.45, 7) is 0.346. The van der Waals surface area contributed by atoms with Gasteiger partial charge < -0.3 is 10.6 Å². The molecule has 0 aliphatic carbocycles. The highest BCUT2D eigenvalue weighted by molar-refractivity contribution is 14.0. The maximum Gasteiger partial charge on any atom is 0.390 e. The monoisotopic (exact) mass is 471 g/mol. The molecular formula is C10H14BrF3IN3S. The number of thiophene rings is 1. The molecule has 0 aromatic carbocycles. The molecule has 1 aromatic heterocycles. The number of nitrogens with zero attached hydrogens (tertiary/aromatic N) is 1. The summed E-state index contributed by atoms with van der Waals surface area (Å²) in [6.07, 6.45) is -5.03. The summed E-state index contributed by atoms with van der Waals surface area (Å²) in [6, 6.07) is 3.85. The Morgan fingerprint density at radius 3 is 2.53 bits per heavy atom. The standard InChI is InChI=1S/C10H13BrF3N3S.HI/c1-15-9(16-5-4-10(12,13)14)17-6-7-2-3-8(11)18-7;/h2-3H,4-6H2,1H3,(H2,15,16,17);1H. The molecule has 0 fully saturated rings. The largest absolute Gasteiger partial charge is 0.390 e. The quantitative estimate of drug-likeness (QED) is 0.398. The summed E-state index contributed by atoms with van der Waals surface area (Å²) in [7, 11) is 1.52. The minimum atomic E-state index is -4.15. The molecule has 0 aliphatic heterocycles. The van der Waals surface area contributed by atoms with Gasteiger partial charge in [0, 0.05) is 18.5 Å². The van der Waals surface area contributed by atoms with Gasteiger partial charge in [0.15, 0.2) is 5.96 Å². The van der Waals surface area contributed by atoms with Crippen LogP contribution in [-0.2, 0) is 6.54 Å². The van der Waals surface area contributed by atoms with Crippen molar-refractivity contribution < 1.29 is 13.2 Å². The fourth-order valence-corrected chi connectivity index (χ4v) is 2.58. The Morgan fingerprint density at radius 1 is 1.37 bits per heavy atom. The summed E-state index contributed by atoms with van der Waals surface area (Å²) in [4.78, 5) is 4.92. The molecule has 0 aliphatic rings. The molecule has 1 rings (SSSR count). The van der Waals surface area contributed by atoms with Crippen LogP contribution in [0.25, 0.3) is 0 Å². The van der Waals surface area contributed by atoms with Crippen molar-refractivity contribution in [2.45, 2.75) is 19.1 Å². The fourth-order valence-electron chi connectivity index (χ4n) is 1.16. The first kappa shape index (κ1) is 19.0. The van der Waals surface area contributed by atoms with Crippen LogP contribution in [0.4, 0.5) is 13.2 Å². The molecule has 9 heteroatoms. The van der Waals surface area contributed by atoms with Crippen molar-refractivity contribution in [2.75, 3.05) is 13.6 Å². The van der Waals surface area contributed by atoms with Gasteiger partial charge in [0.05, 0.1) is 16.8 Å². The van der Waals surface area contributed by atoms with Gasteiger partial charge in [0.2, 0.25) is 0 Å². The van der Waals surface area contributed by atoms with Crippen molar-refractivity contribution in [1.29, 1.82) is 0 Å². The van der Waals surface area contributed by atoms with E-state index in [4.69, 9.17) is 0 Å². The molecule has 2 N–H and O–H groups in total. The minimum Gasteiger partial charge on any atom is -0.356 e. The van der Waals surface area contributed by atoms with Crippen LogP contribution < -0.4 is 10.6 Å². The lowest BCUT2D eigenvalue weighted by molar-refractivity contribution is -0.132. The molecule has 0 atom stereocenters. The predicted molar refractivity (Wildman–Crippen MR) is 86.3 cm³/mol. The molecule has 1 heterocycles. The number of hydrogen-bond donors (Lipinski definition) is 2. The second-order valence-corrected chi connectivity index (χ2v) is 5.97. The third-order valence-corrected chi connectivity index (χ3v) is 3.61. The number of aliphatic imine (C=N–C) groups is 1. The van der Waals surface area contributed by atoms with E-state index in [0.29, 0.717) is 12.5 Å². The number of hydrogen-bond acceptors (Lipinski definition) is 2. The number of guanidine groups is 1. The van der Waals surface area contributed by atoms with Gasteiger partial charge in [-0.05, 0) is 28.1 Å². The summed E-state index contributed by atoms with van der Waals surface area (Å²) >= 11 is 4.90. The number of nitrogens with one attached hydrogen (secondary N) is 2. The zero-order valence-electron chi connectivity index (χ0n) is 10.1. The average molecular weight is 472 g/mol. The summed E-state index contributed by atoms with van der Waals surface area (Å²) in [5.74, 6) is 0.365. The average Bonchev–Trinajstić information content (AvgIpc) is 2.67. The van der Waals surface area contributed by atoms with E-state index in [1.54, 1.807) is 11.3 Å². The van der Waals surface area contributed by atoms with Gasteiger partial charge in [-0.1, -0.05) is 0 Å². The zero-order chi connectivity index (χ0) is 13.6. The Labute approximate surface area is 139 Å². The first-order valence-electron chi connectivity index (χ1n) is 5.16. The van der Waals surface area contributed by atoms with Crippen LogP contribution in [0.15, 0.2) is 20.9 Å². The second-order valence-electron chi connectivity index (χ2n) is 3.42. The second kappa shape index (κ2) is 9.01. The molecule has 0 amide bonds. The van der Waals surface area contributed by atoms with Crippen molar-refractivity contribution in [3.63, 3.8) is 0 Å². The zero-order valence-corrected chi connectivity index (χ0v) is 14.8. The van der Waals surface area contributed by atoms with Crippen molar-refractivity contribution in [3.8, 4) is 0 Å². The van der Waals surface area contributed by atoms with Crippen molar-refractivity contribution >= 4 is 57.2 Å². The third kappa shape index (κ3) is 8.69. The topological polar surface area (TPSA) is 36.4 Å². The van der Waals surface area contributed by atoms with E-state index in [2.05, 4.69) is 31.6 Å². The predicted octanol–water partition coefficient (Wildman–Crippen LogP) is 3.75. The van der Waals surface area contributed by atoms with E-state index in [-0.39, 0.29) is 30.5 Å². The molecule has 0 spiro atoms. The number of halogens is 5. The molecule has 0 radical (unpaired) electrons. The Balaban J connectivity index is 0.00000324. The number of rotatable bonds is 4. The third-order valence-electron chi connectivity index (χ3n) is 1.98. The molecule has 3 nitrogen and oxygen atoms in total. The minimum absolute atomic E-state index is 0. The van der Waals surface area contributed by atoms with E-state index in [9.17, 15) is 13.2 Å². The molecule has 0 unspecified atom stereocenters. The summed E-state index contributed by atoms with van der Waals surface area (Å²) in [5.41, 5.74) is 0. The van der Waals surface area contributed by atoms with E-state index >= 15 is 0 Å². The molecule has 110 valence electrons. The highest BCUT2D eigenvalue weighted by Crippen LogP contribution is 2.21. The first-order chi connectivity index (χ1) is 8.40. The van der Waals surface area contributed by atoms with Gasteiger partial charge in [-0.3, -0.25) is 4.99 Å². The van der Waals surface area contributed by atoms with Crippen molar-refractivity contribution in [3.05, 3.63) is 20.8 Å². The van der Waals surface area contributed by atoms with Crippen molar-refractivity contribution in [1.82, 2.24) is 10.6 Å². The van der Waals surface area contributed by atoms with E-state index in [0.717, 1.165) is 8.66 Å². The maximum atomic E-state index is 12.0. The molecular weight excluding hydrogens is 458 g/mol. The van der Waals surface area contributed by atoms with Crippen LogP contribution in [0.5, 0.6) is 0 Å². The van der Waals surface area contributed by atoms with Crippen molar-refractivity contribution in [2.24, 2.45) is 4.99 Å². The van der Waals surface area contributed by atoms with Crippen LogP contribution in [0.3, 0.4) is 0 Å². The van der Waals surface area contributed by atoms with Crippen LogP contribution in [0.1, 0.15) is 11.3 Å². The molecule has 0 saturated carbocycles. The Hall–Kier alpha value is -0.0300. The van der Waals surface area contributed by atoms with E-state index < -0.39 is 12.6 Å². The van der Waals surface area contributed by atoms with Crippen LogP contribution in [-0.4, -0.2) is 25.7 Å². The molecule has 19 heavy (non-hydrogen) atoms. The number of alkyl halides is 3. The van der Waals surface area contributed by atoms with E-state index in [1.165, 1.54) is 7.05 Å². The molecule has 0 saturated heterocycles. The fraction of sp³-hybridized carbons (Fsp3) is 0.500. The smallest absolute Gasteiger partial charge is 0.356 e. The highest BCUT2D eigenvalue weighted by atomic mass is 127. The maximum absolute atomic E-state index is 12.0. The van der Waals surface area contributed by atoms with Crippen LogP contribution in [0.2, 0.25) is 0 Å². The lowest BCUT2D eigenvalue weighted by Gasteiger charge is -2.12. The summed E-state index contributed by atoms with van der Waals surface area (Å²) in [5, 5.41) is 5.56. The Bertz CT molecular complexity index is 409. The van der Waals surface area contributed by atoms with Gasteiger partial charge in [-0.25, -0.2) is 0 Å². The van der Waals surface area contributed by atoms with Gasteiger partial charge in [-0.15, -0.1) is 35.3 Å². The van der Waals surface area contributed by atoms with Crippen LogP contribution >= 0.6 is 51.2 Å². The van der Waals surface area contributed by atoms with Crippen LogP contribution in [0, 0.1) is 0 Å². The normalized spacial score (nSPS) is 11.9. The van der Waals surface area contributed by atoms with Gasteiger partial charge in [0.25, 0.3) is 0 Å². The Morgan fingerprint density at radius 2 is 2.05 bits per heavy atom. The lowest BCUT2D eigenvalue weighted by atomic mass is 10.4. The van der Waals surface area contributed by atoms with Gasteiger partial charge in [0.1, 0.15) is 0 Å². The summed E-state index contributed by atoms with van der Waals surface area (Å²) < 4.78 is 36.9. The molecule has 0 bridgehead atoms. The highest BCUT2D eigenvalue weighted by Gasteiger charge is 2.26. The lowest BCUT2D eigenvalue weighted by Crippen LogP contribution is -2.38.